The van der Waals surface area contributed by atoms with Gasteiger partial charge < -0.3 is 4.57 Å². The number of carbonyl (C=O) groups is 1. The maximum absolute atomic E-state index is 13.6. The van der Waals surface area contributed by atoms with E-state index in [9.17, 15) is 21.6 Å². The third-order valence-corrected chi connectivity index (χ3v) is 11.7. The second-order valence-electron chi connectivity index (χ2n) is 10.1. The molecule has 230 valence electrons. The van der Waals surface area contributed by atoms with E-state index in [0.717, 1.165) is 20.0 Å². The van der Waals surface area contributed by atoms with E-state index in [0.29, 0.717) is 21.3 Å². The highest BCUT2D eigenvalue weighted by Crippen LogP contribution is 2.29. The molecule has 4 aromatic rings. The minimum atomic E-state index is -4.14. The first kappa shape index (κ1) is 31.9. The molecule has 1 aromatic heterocycles. The first-order valence-electron chi connectivity index (χ1n) is 13.5. The molecule has 1 atom stereocenters. The van der Waals surface area contributed by atoms with Crippen LogP contribution in [0.3, 0.4) is 0 Å². The van der Waals surface area contributed by atoms with E-state index in [1.54, 1.807) is 54.6 Å². The molecule has 1 aliphatic rings. The van der Waals surface area contributed by atoms with Crippen molar-refractivity contribution in [2.45, 2.75) is 29.7 Å². The van der Waals surface area contributed by atoms with Gasteiger partial charge in [0.25, 0.3) is 5.91 Å². The number of hydrogen-bond donors (Lipinski definition) is 1. The van der Waals surface area contributed by atoms with Crippen molar-refractivity contribution in [3.05, 3.63) is 112 Å². The third kappa shape index (κ3) is 6.32. The lowest BCUT2D eigenvalue weighted by molar-refractivity contribution is -0.125. The van der Waals surface area contributed by atoms with Crippen LogP contribution in [0.15, 0.2) is 99.8 Å². The number of hydrazone groups is 1. The number of amides is 1. The van der Waals surface area contributed by atoms with Gasteiger partial charge in [-0.05, 0) is 62.4 Å². The van der Waals surface area contributed by atoms with E-state index in [-0.39, 0.29) is 22.9 Å². The van der Waals surface area contributed by atoms with Gasteiger partial charge in [0.1, 0.15) is 6.04 Å². The number of nitrogens with zero attached hydrogens (tertiary/aromatic N) is 4. The van der Waals surface area contributed by atoms with Crippen LogP contribution in [0.25, 0.3) is 5.69 Å². The van der Waals surface area contributed by atoms with E-state index >= 15 is 0 Å². The second kappa shape index (κ2) is 12.8. The summed E-state index contributed by atoms with van der Waals surface area (Å²) in [5, 5.41) is 5.13. The van der Waals surface area contributed by atoms with Crippen LogP contribution in [-0.4, -0.2) is 67.8 Å². The zero-order valence-electron chi connectivity index (χ0n) is 23.8. The van der Waals surface area contributed by atoms with Crippen molar-refractivity contribution in [2.24, 2.45) is 5.10 Å². The Balaban J connectivity index is 1.43. The van der Waals surface area contributed by atoms with Crippen LogP contribution in [0.5, 0.6) is 0 Å². The molecule has 1 aliphatic heterocycles. The Hall–Kier alpha value is -3.52. The lowest BCUT2D eigenvalue weighted by atomic mass is 10.2. The van der Waals surface area contributed by atoms with Crippen LogP contribution in [0.4, 0.5) is 0 Å². The molecule has 44 heavy (non-hydrogen) atoms. The quantitative estimate of drug-likeness (QED) is 0.216. The van der Waals surface area contributed by atoms with Gasteiger partial charge in [0, 0.05) is 41.6 Å². The van der Waals surface area contributed by atoms with Gasteiger partial charge in [-0.3, -0.25) is 4.79 Å². The average molecular weight is 675 g/mol. The fraction of sp³-hybridized carbons (Fsp3) is 0.200. The number of benzene rings is 3. The molecule has 1 N–H and O–H groups in total. The maximum atomic E-state index is 13.6. The lowest BCUT2D eigenvalue weighted by Gasteiger charge is -2.38. The number of rotatable bonds is 8. The predicted molar refractivity (Wildman–Crippen MR) is 170 cm³/mol. The fourth-order valence-corrected chi connectivity index (χ4v) is 8.53. The molecule has 1 fully saturated rings. The van der Waals surface area contributed by atoms with Crippen LogP contribution in [-0.2, 0) is 24.8 Å². The molecule has 0 unspecified atom stereocenters. The molecule has 3 aromatic carbocycles. The molecule has 2 heterocycles. The van der Waals surface area contributed by atoms with Crippen molar-refractivity contribution >= 4 is 55.4 Å². The molecule has 14 heteroatoms. The first-order valence-corrected chi connectivity index (χ1v) is 17.1. The number of carbonyl (C=O) groups excluding carboxylic acids is 1. The van der Waals surface area contributed by atoms with Gasteiger partial charge in [0.05, 0.1) is 26.7 Å². The second-order valence-corrected chi connectivity index (χ2v) is 14.8. The van der Waals surface area contributed by atoms with Crippen molar-refractivity contribution in [2.75, 3.05) is 19.6 Å². The normalized spacial score (nSPS) is 16.8. The smallest absolute Gasteiger partial charge is 0.259 e. The summed E-state index contributed by atoms with van der Waals surface area (Å²) >= 11 is 12.6. The monoisotopic (exact) mass is 673 g/mol. The number of sulfonamides is 2. The molecule has 0 aliphatic carbocycles. The molecule has 0 spiro atoms. The van der Waals surface area contributed by atoms with E-state index in [1.807, 2.05) is 24.5 Å². The van der Waals surface area contributed by atoms with E-state index in [4.69, 9.17) is 23.2 Å². The number of nitrogens with one attached hydrogen (secondary N) is 1. The Bertz CT molecular complexity index is 1930. The molecule has 10 nitrogen and oxygen atoms in total. The van der Waals surface area contributed by atoms with Crippen molar-refractivity contribution in [3.8, 4) is 5.69 Å². The summed E-state index contributed by atoms with van der Waals surface area (Å²) < 4.78 is 58.1. The number of aromatic nitrogens is 1. The number of halogens is 2. The van der Waals surface area contributed by atoms with Crippen LogP contribution >= 0.6 is 23.2 Å². The molecule has 5 rings (SSSR count). The highest BCUT2D eigenvalue weighted by molar-refractivity contribution is 7.89. The van der Waals surface area contributed by atoms with E-state index < -0.39 is 38.5 Å². The molecule has 0 saturated carbocycles. The lowest BCUT2D eigenvalue weighted by Crippen LogP contribution is -2.60. The van der Waals surface area contributed by atoms with Crippen molar-refractivity contribution in [1.29, 1.82) is 0 Å². The molecule has 0 radical (unpaired) electrons. The molecular weight excluding hydrogens is 645 g/mol. The Morgan fingerprint density at radius 2 is 1.48 bits per heavy atom. The zero-order chi connectivity index (χ0) is 31.6. The summed E-state index contributed by atoms with van der Waals surface area (Å²) in [6, 6.07) is 21.1. The molecular formula is C30H29Cl2N5O5S2. The molecule has 1 saturated heterocycles. The van der Waals surface area contributed by atoms with Crippen LogP contribution in [0.1, 0.15) is 17.0 Å². The first-order chi connectivity index (χ1) is 20.9. The SMILES string of the molecule is Cc1cc(/C=N\NC(=O)[C@H]2CN(S(=O)(=O)c3ccccc3)CCN2S(=O)(=O)c2ccccc2)c(C)n1-c1cc(Cl)ccc1Cl. The minimum Gasteiger partial charge on any atom is -0.316 e. The van der Waals surface area contributed by atoms with Gasteiger partial charge in [0.2, 0.25) is 20.0 Å². The van der Waals surface area contributed by atoms with Gasteiger partial charge in [0.15, 0.2) is 0 Å². The fourth-order valence-electron chi connectivity index (χ4n) is 5.12. The summed E-state index contributed by atoms with van der Waals surface area (Å²) in [5.74, 6) is -0.777. The molecule has 1 amide bonds. The van der Waals surface area contributed by atoms with Gasteiger partial charge in [-0.15, -0.1) is 0 Å². The Labute approximate surface area is 266 Å². The summed E-state index contributed by atoms with van der Waals surface area (Å²) in [4.78, 5) is 13.6. The predicted octanol–water partition coefficient (Wildman–Crippen LogP) is 4.62. The maximum Gasteiger partial charge on any atom is 0.259 e. The van der Waals surface area contributed by atoms with Crippen molar-refractivity contribution in [1.82, 2.24) is 18.6 Å². The van der Waals surface area contributed by atoms with Gasteiger partial charge in [-0.25, -0.2) is 22.3 Å². The van der Waals surface area contributed by atoms with E-state index in [2.05, 4.69) is 10.5 Å². The number of aryl methyl sites for hydroxylation is 1. The zero-order valence-corrected chi connectivity index (χ0v) is 26.9. The summed E-state index contributed by atoms with van der Waals surface area (Å²) in [6.45, 7) is 2.98. The minimum absolute atomic E-state index is 0.00668. The van der Waals surface area contributed by atoms with Crippen molar-refractivity contribution in [3.63, 3.8) is 0 Å². The summed E-state index contributed by atoms with van der Waals surface area (Å²) in [5.41, 5.74) is 5.40. The molecule has 0 bridgehead atoms. The van der Waals surface area contributed by atoms with Crippen LogP contribution < -0.4 is 5.43 Å². The largest absolute Gasteiger partial charge is 0.316 e. The third-order valence-electron chi connectivity index (χ3n) is 7.33. The summed E-state index contributed by atoms with van der Waals surface area (Å²) in [7, 11) is -8.14. The average Bonchev–Trinajstić information content (AvgIpc) is 3.30. The Kier molecular flexibility index (Phi) is 9.30. The standard InChI is InChI=1S/C30H29Cl2N5O5S2/c1-21-17-23(22(2)37(21)28-18-24(31)13-14-27(28)32)19-33-34-30(38)29-20-35(43(39,40)25-9-5-3-6-10-25)15-16-36(29)44(41,42)26-11-7-4-8-12-26/h3-14,17-19,29H,15-16,20H2,1-2H3,(H,34,38)/b33-19-/t29-/m1/s1. The van der Waals surface area contributed by atoms with Crippen LogP contribution in [0, 0.1) is 13.8 Å². The highest BCUT2D eigenvalue weighted by Gasteiger charge is 2.43. The van der Waals surface area contributed by atoms with Gasteiger partial charge in [-0.1, -0.05) is 59.6 Å². The Morgan fingerprint density at radius 1 is 0.864 bits per heavy atom. The highest BCUT2D eigenvalue weighted by atomic mass is 35.5. The van der Waals surface area contributed by atoms with Gasteiger partial charge >= 0.3 is 0 Å². The van der Waals surface area contributed by atoms with Crippen molar-refractivity contribution < 1.29 is 21.6 Å². The summed E-state index contributed by atoms with van der Waals surface area (Å²) in [6.07, 6.45) is 1.44. The van der Waals surface area contributed by atoms with Crippen LogP contribution in [0.2, 0.25) is 10.0 Å². The van der Waals surface area contributed by atoms with Gasteiger partial charge in [-0.2, -0.15) is 13.7 Å². The Morgan fingerprint density at radius 3 is 2.11 bits per heavy atom. The number of hydrogen-bond acceptors (Lipinski definition) is 6. The van der Waals surface area contributed by atoms with E-state index in [1.165, 1.54) is 30.5 Å². The topological polar surface area (TPSA) is 121 Å². The number of piperazine rings is 1.